The van der Waals surface area contributed by atoms with Gasteiger partial charge in [0.15, 0.2) is 0 Å². The van der Waals surface area contributed by atoms with Crippen LogP contribution < -0.4 is 39.2 Å². The van der Waals surface area contributed by atoms with Crippen molar-refractivity contribution in [2.45, 2.75) is 69.2 Å². The summed E-state index contributed by atoms with van der Waals surface area (Å²) in [6.45, 7) is 1.71. The van der Waals surface area contributed by atoms with Gasteiger partial charge in [-0.25, -0.2) is 13.1 Å². The molecule has 4 unspecified atom stereocenters. The Balaban J connectivity index is 0.00000342. The topological polar surface area (TPSA) is 86.3 Å². The molecule has 1 N–H and O–H groups in total. The zero-order chi connectivity index (χ0) is 24.2. The first-order chi connectivity index (χ1) is 16.3. The van der Waals surface area contributed by atoms with E-state index in [0.29, 0.717) is 28.8 Å². The van der Waals surface area contributed by atoms with Crippen LogP contribution in [0.4, 0.5) is 0 Å². The van der Waals surface area contributed by atoms with Crippen molar-refractivity contribution >= 4 is 17.4 Å². The summed E-state index contributed by atoms with van der Waals surface area (Å²) >= 11 is 0. The van der Waals surface area contributed by atoms with Crippen molar-refractivity contribution in [3.8, 4) is 11.1 Å². The van der Waals surface area contributed by atoms with E-state index in [-0.39, 0.29) is 41.8 Å². The Bertz CT molecular complexity index is 1090. The SMILES string of the molecule is CCP(=O)([O-])CCCCCCC1C2CC[C@H](C2)C1NS(=O)(=O)c1ccc(-c2ccccc2)cc1.[Na+]. The smallest absolute Gasteiger partial charge is 0.799 e. The Morgan fingerprint density at radius 2 is 1.54 bits per heavy atom. The van der Waals surface area contributed by atoms with Crippen LogP contribution in [0.15, 0.2) is 59.5 Å². The monoisotopic (exact) mass is 525 g/mol. The van der Waals surface area contributed by atoms with E-state index in [0.717, 1.165) is 56.1 Å². The van der Waals surface area contributed by atoms with Crippen molar-refractivity contribution in [2.24, 2.45) is 17.8 Å². The first-order valence-corrected chi connectivity index (χ1v) is 16.2. The van der Waals surface area contributed by atoms with Crippen LogP contribution in [-0.4, -0.2) is 26.8 Å². The van der Waals surface area contributed by atoms with Gasteiger partial charge in [-0.05, 0) is 85.4 Å². The molecule has 0 radical (unpaired) electrons. The minimum Gasteiger partial charge on any atom is -0.799 e. The van der Waals surface area contributed by atoms with Gasteiger partial charge in [0.25, 0.3) is 0 Å². The summed E-state index contributed by atoms with van der Waals surface area (Å²) in [5, 5.41) is 0. The van der Waals surface area contributed by atoms with E-state index in [1.807, 2.05) is 42.5 Å². The number of fused-ring (bicyclic) bond motifs is 2. The minimum atomic E-state index is -3.57. The number of nitrogens with one attached hydrogen (secondary N) is 1. The molecule has 35 heavy (non-hydrogen) atoms. The van der Waals surface area contributed by atoms with Gasteiger partial charge in [-0.2, -0.15) is 0 Å². The number of sulfonamides is 1. The fraction of sp³-hybridized carbons (Fsp3) is 0.556. The molecule has 2 saturated carbocycles. The molecule has 2 aliphatic rings. The number of hydrogen-bond acceptors (Lipinski definition) is 4. The molecule has 186 valence electrons. The molecule has 2 aliphatic carbocycles. The maximum atomic E-state index is 13.2. The van der Waals surface area contributed by atoms with E-state index < -0.39 is 17.4 Å². The van der Waals surface area contributed by atoms with Gasteiger partial charge in [0.05, 0.1) is 4.90 Å². The van der Waals surface area contributed by atoms with Crippen molar-refractivity contribution < 1.29 is 47.4 Å². The van der Waals surface area contributed by atoms with Gasteiger partial charge in [0, 0.05) is 13.4 Å². The fourth-order valence-electron chi connectivity index (χ4n) is 5.96. The van der Waals surface area contributed by atoms with Gasteiger partial charge in [-0.3, -0.25) is 0 Å². The van der Waals surface area contributed by atoms with Gasteiger partial charge >= 0.3 is 29.6 Å². The molecule has 0 aliphatic heterocycles. The third kappa shape index (κ3) is 7.54. The van der Waals surface area contributed by atoms with Gasteiger partial charge in [0.2, 0.25) is 10.0 Å². The largest absolute Gasteiger partial charge is 1.00 e. The molecular weight excluding hydrogens is 488 g/mol. The average Bonchev–Trinajstić information content (AvgIpc) is 3.44. The Morgan fingerprint density at radius 1 is 0.914 bits per heavy atom. The Kier molecular flexibility index (Phi) is 10.7. The maximum absolute atomic E-state index is 13.2. The van der Waals surface area contributed by atoms with Crippen LogP contribution in [0.2, 0.25) is 0 Å². The number of benzene rings is 2. The molecular formula is C27H37NNaO4PS. The molecule has 5 atom stereocenters. The summed E-state index contributed by atoms with van der Waals surface area (Å²) < 4.78 is 41.2. The van der Waals surface area contributed by atoms with E-state index in [9.17, 15) is 17.9 Å². The first-order valence-electron chi connectivity index (χ1n) is 12.8. The van der Waals surface area contributed by atoms with Gasteiger partial charge < -0.3 is 9.46 Å². The van der Waals surface area contributed by atoms with Crippen LogP contribution >= 0.6 is 7.37 Å². The Morgan fingerprint density at radius 3 is 2.23 bits per heavy atom. The number of rotatable bonds is 12. The summed E-state index contributed by atoms with van der Waals surface area (Å²) in [7, 11) is -6.73. The number of unbranched alkanes of at least 4 members (excludes halogenated alkanes) is 3. The molecule has 2 aromatic carbocycles. The van der Waals surface area contributed by atoms with E-state index in [4.69, 9.17) is 0 Å². The zero-order valence-corrected chi connectivity index (χ0v) is 24.8. The van der Waals surface area contributed by atoms with E-state index in [1.165, 1.54) is 6.42 Å². The molecule has 2 aromatic rings. The van der Waals surface area contributed by atoms with Crippen molar-refractivity contribution in [1.29, 1.82) is 0 Å². The third-order valence-corrected chi connectivity index (χ3v) is 11.4. The van der Waals surface area contributed by atoms with Gasteiger partial charge in [-0.1, -0.05) is 68.7 Å². The quantitative estimate of drug-likeness (QED) is 0.262. The summed E-state index contributed by atoms with van der Waals surface area (Å²) in [5.41, 5.74) is 2.07. The standard InChI is InChI=1S/C27H38NO4PS.Na/c1-2-33(29,30)19-9-4-3-8-12-26-23-13-14-24(20-23)27(26)28-34(31,32)25-17-15-22(16-18-25)21-10-6-5-7-11-21;/h5-7,10-11,15-18,23-24,26-28H,2-4,8-9,12-14,19-20H2,1H3,(H,29,30);/q;+1/p-1/t23?,24-,26?,27?;/m1./s1. The summed E-state index contributed by atoms with van der Waals surface area (Å²) in [6, 6.07) is 17.1. The maximum Gasteiger partial charge on any atom is 1.00 e. The zero-order valence-electron chi connectivity index (χ0n) is 21.1. The van der Waals surface area contributed by atoms with Crippen LogP contribution in [0.5, 0.6) is 0 Å². The molecule has 0 amide bonds. The molecule has 0 heterocycles. The van der Waals surface area contributed by atoms with Gasteiger partial charge in [0.1, 0.15) is 0 Å². The normalized spacial score (nSPS) is 25.2. The molecule has 5 nitrogen and oxygen atoms in total. The van der Waals surface area contributed by atoms with Crippen molar-refractivity contribution in [3.63, 3.8) is 0 Å². The van der Waals surface area contributed by atoms with Crippen molar-refractivity contribution in [2.75, 3.05) is 12.3 Å². The molecule has 0 spiro atoms. The van der Waals surface area contributed by atoms with E-state index in [1.54, 1.807) is 19.1 Å². The molecule has 8 heteroatoms. The number of hydrogen-bond donors (Lipinski definition) is 1. The van der Waals surface area contributed by atoms with E-state index >= 15 is 0 Å². The molecule has 4 rings (SSSR count). The first kappa shape index (κ1) is 29.1. The Labute approximate surface area is 233 Å². The second-order valence-electron chi connectivity index (χ2n) is 10.1. The molecule has 0 saturated heterocycles. The summed E-state index contributed by atoms with van der Waals surface area (Å²) in [6.07, 6.45) is 8.72. The van der Waals surface area contributed by atoms with Crippen molar-refractivity contribution in [1.82, 2.24) is 4.72 Å². The van der Waals surface area contributed by atoms with Crippen LogP contribution in [0.1, 0.15) is 58.3 Å². The second kappa shape index (κ2) is 12.9. The summed E-state index contributed by atoms with van der Waals surface area (Å²) in [4.78, 5) is 12.0. The summed E-state index contributed by atoms with van der Waals surface area (Å²) in [5.74, 6) is 1.43. The Hall–Kier alpha value is -0.460. The fourth-order valence-corrected chi connectivity index (χ4v) is 8.34. The van der Waals surface area contributed by atoms with Crippen LogP contribution in [0.25, 0.3) is 11.1 Å². The predicted molar refractivity (Wildman–Crippen MR) is 136 cm³/mol. The van der Waals surface area contributed by atoms with Crippen LogP contribution in [-0.2, 0) is 14.6 Å². The third-order valence-electron chi connectivity index (χ3n) is 7.92. The second-order valence-corrected chi connectivity index (χ2v) is 14.5. The van der Waals surface area contributed by atoms with Crippen molar-refractivity contribution in [3.05, 3.63) is 54.6 Å². The van der Waals surface area contributed by atoms with E-state index in [2.05, 4.69) is 4.72 Å². The average molecular weight is 526 g/mol. The minimum absolute atomic E-state index is 0. The van der Waals surface area contributed by atoms with Crippen LogP contribution in [0.3, 0.4) is 0 Å². The van der Waals surface area contributed by atoms with Gasteiger partial charge in [-0.15, -0.1) is 0 Å². The molecule has 2 fully saturated rings. The molecule has 0 aromatic heterocycles. The predicted octanol–water partition coefficient (Wildman–Crippen LogP) is 2.66. The van der Waals surface area contributed by atoms with Crippen LogP contribution in [0, 0.1) is 17.8 Å². The molecule has 2 bridgehead atoms.